The Labute approximate surface area is 150 Å². The number of carbonyl (C=O) groups is 2. The minimum Gasteiger partial charge on any atom is -0.508 e. The summed E-state index contributed by atoms with van der Waals surface area (Å²) in [7, 11) is 0. The average Bonchev–Trinajstić information content (AvgIpc) is 2.62. The molecule has 0 saturated carbocycles. The molecule has 0 aliphatic heterocycles. The Bertz CT molecular complexity index is 691. The maximum atomic E-state index is 10.5. The van der Waals surface area contributed by atoms with Crippen LogP contribution in [-0.2, 0) is 22.4 Å². The molecule has 0 heterocycles. The van der Waals surface area contributed by atoms with E-state index in [1.807, 2.05) is 30.3 Å². The number of benzene rings is 2. The summed E-state index contributed by atoms with van der Waals surface area (Å²) in [5, 5.41) is 34.6. The van der Waals surface area contributed by atoms with Crippen LogP contribution < -0.4 is 11.2 Å². The number of rotatable bonds is 7. The smallest absolute Gasteiger partial charge is 0.323 e. The molecule has 26 heavy (non-hydrogen) atoms. The normalized spacial score (nSPS) is 12.4. The van der Waals surface area contributed by atoms with Gasteiger partial charge in [-0.2, -0.15) is 5.48 Å². The maximum Gasteiger partial charge on any atom is 0.323 e. The molecular formula is C18H22N2O6. The SMILES string of the molecule is N[C@@H](Cc1ccc(O)cc1)C(=O)O.O=C(O)[C@H](Cc1ccccc1)NO. The highest BCUT2D eigenvalue weighted by molar-refractivity contribution is 5.74. The summed E-state index contributed by atoms with van der Waals surface area (Å²) in [5.41, 5.74) is 8.75. The third-order valence-electron chi connectivity index (χ3n) is 3.45. The first kappa shape index (κ1) is 21.1. The van der Waals surface area contributed by atoms with Gasteiger partial charge in [-0.25, -0.2) is 0 Å². The van der Waals surface area contributed by atoms with Gasteiger partial charge in [-0.1, -0.05) is 42.5 Å². The molecule has 2 aromatic carbocycles. The van der Waals surface area contributed by atoms with Gasteiger partial charge in [-0.05, 0) is 29.7 Å². The molecule has 140 valence electrons. The molecule has 2 rings (SSSR count). The van der Waals surface area contributed by atoms with Gasteiger partial charge in [0.1, 0.15) is 17.8 Å². The van der Waals surface area contributed by atoms with Gasteiger partial charge in [0.05, 0.1) is 0 Å². The molecule has 0 spiro atoms. The number of aromatic hydroxyl groups is 1. The molecule has 8 nitrogen and oxygen atoms in total. The van der Waals surface area contributed by atoms with Gasteiger partial charge in [0, 0.05) is 6.42 Å². The number of phenols is 1. The first-order valence-electron chi connectivity index (χ1n) is 7.76. The number of carboxylic acids is 2. The van der Waals surface area contributed by atoms with Crippen molar-refractivity contribution in [1.82, 2.24) is 5.48 Å². The van der Waals surface area contributed by atoms with Crippen LogP contribution in [0.4, 0.5) is 0 Å². The number of hydrogen-bond donors (Lipinski definition) is 6. The monoisotopic (exact) mass is 362 g/mol. The highest BCUT2D eigenvalue weighted by Gasteiger charge is 2.15. The Morgan fingerprint density at radius 3 is 1.88 bits per heavy atom. The molecule has 0 aromatic heterocycles. The minimum absolute atomic E-state index is 0.160. The number of hydrogen-bond acceptors (Lipinski definition) is 6. The second-order valence-electron chi connectivity index (χ2n) is 5.52. The van der Waals surface area contributed by atoms with Crippen LogP contribution in [0.5, 0.6) is 5.75 Å². The third-order valence-corrected chi connectivity index (χ3v) is 3.45. The van der Waals surface area contributed by atoms with E-state index in [0.717, 1.165) is 11.1 Å². The van der Waals surface area contributed by atoms with Crippen molar-refractivity contribution in [2.75, 3.05) is 0 Å². The Kier molecular flexibility index (Phi) is 8.79. The molecule has 0 unspecified atom stereocenters. The van der Waals surface area contributed by atoms with Gasteiger partial charge in [0.2, 0.25) is 0 Å². The van der Waals surface area contributed by atoms with Crippen molar-refractivity contribution >= 4 is 11.9 Å². The van der Waals surface area contributed by atoms with E-state index in [1.54, 1.807) is 17.6 Å². The number of carboxylic acid groups (broad SMARTS) is 2. The molecule has 0 radical (unpaired) electrons. The lowest BCUT2D eigenvalue weighted by Crippen LogP contribution is -2.36. The van der Waals surface area contributed by atoms with Crippen LogP contribution in [0.2, 0.25) is 0 Å². The predicted molar refractivity (Wildman–Crippen MR) is 93.9 cm³/mol. The third kappa shape index (κ3) is 7.75. The van der Waals surface area contributed by atoms with E-state index in [4.69, 9.17) is 26.3 Å². The molecule has 0 saturated heterocycles. The number of hydroxylamine groups is 1. The fraction of sp³-hybridized carbons (Fsp3) is 0.222. The van der Waals surface area contributed by atoms with Crippen molar-refractivity contribution in [3.8, 4) is 5.75 Å². The molecule has 2 atom stereocenters. The van der Waals surface area contributed by atoms with Crippen LogP contribution in [0.1, 0.15) is 11.1 Å². The number of nitrogens with one attached hydrogen (secondary N) is 1. The summed E-state index contributed by atoms with van der Waals surface area (Å²) in [4.78, 5) is 20.9. The first-order valence-corrected chi connectivity index (χ1v) is 7.76. The van der Waals surface area contributed by atoms with Crippen LogP contribution in [-0.4, -0.2) is 44.5 Å². The van der Waals surface area contributed by atoms with E-state index >= 15 is 0 Å². The quantitative estimate of drug-likeness (QED) is 0.399. The van der Waals surface area contributed by atoms with E-state index in [-0.39, 0.29) is 18.6 Å². The van der Waals surface area contributed by atoms with Crippen molar-refractivity contribution in [3.63, 3.8) is 0 Å². The fourth-order valence-corrected chi connectivity index (χ4v) is 2.01. The highest BCUT2D eigenvalue weighted by atomic mass is 16.5. The van der Waals surface area contributed by atoms with Crippen molar-refractivity contribution in [3.05, 3.63) is 65.7 Å². The first-order chi connectivity index (χ1) is 12.3. The van der Waals surface area contributed by atoms with Crippen molar-refractivity contribution < 1.29 is 30.1 Å². The number of aliphatic carboxylic acids is 2. The van der Waals surface area contributed by atoms with E-state index in [1.165, 1.54) is 12.1 Å². The Morgan fingerprint density at radius 1 is 0.885 bits per heavy atom. The molecule has 0 amide bonds. The van der Waals surface area contributed by atoms with Crippen LogP contribution >= 0.6 is 0 Å². The van der Waals surface area contributed by atoms with E-state index in [0.29, 0.717) is 0 Å². The summed E-state index contributed by atoms with van der Waals surface area (Å²) in [6.45, 7) is 0. The lowest BCUT2D eigenvalue weighted by Gasteiger charge is -2.09. The highest BCUT2D eigenvalue weighted by Crippen LogP contribution is 2.10. The number of nitrogens with two attached hydrogens (primary N) is 1. The summed E-state index contributed by atoms with van der Waals surface area (Å²) in [5.74, 6) is -1.92. The maximum absolute atomic E-state index is 10.5. The second-order valence-corrected chi connectivity index (χ2v) is 5.52. The van der Waals surface area contributed by atoms with Gasteiger partial charge >= 0.3 is 11.9 Å². The molecule has 0 fully saturated rings. The Hall–Kier alpha value is -2.94. The largest absolute Gasteiger partial charge is 0.508 e. The topological polar surface area (TPSA) is 153 Å². The predicted octanol–water partition coefficient (Wildman–Crippen LogP) is 1.01. The second kappa shape index (κ2) is 10.8. The van der Waals surface area contributed by atoms with E-state index in [9.17, 15) is 9.59 Å². The van der Waals surface area contributed by atoms with Crippen molar-refractivity contribution in [2.45, 2.75) is 24.9 Å². The summed E-state index contributed by atoms with van der Waals surface area (Å²) < 4.78 is 0. The van der Waals surface area contributed by atoms with Crippen LogP contribution in [0.3, 0.4) is 0 Å². The van der Waals surface area contributed by atoms with Crippen LogP contribution in [0.25, 0.3) is 0 Å². The summed E-state index contributed by atoms with van der Waals surface area (Å²) in [6, 6.07) is 13.6. The van der Waals surface area contributed by atoms with Crippen LogP contribution in [0, 0.1) is 0 Å². The van der Waals surface area contributed by atoms with Crippen molar-refractivity contribution in [1.29, 1.82) is 0 Å². The zero-order valence-corrected chi connectivity index (χ0v) is 13.9. The Morgan fingerprint density at radius 2 is 1.42 bits per heavy atom. The fourth-order valence-electron chi connectivity index (χ4n) is 2.01. The van der Waals surface area contributed by atoms with Gasteiger partial charge < -0.3 is 26.3 Å². The van der Waals surface area contributed by atoms with Gasteiger partial charge in [-0.15, -0.1) is 0 Å². The minimum atomic E-state index is -1.06. The van der Waals surface area contributed by atoms with Gasteiger partial charge in [-0.3, -0.25) is 9.59 Å². The molecule has 0 aliphatic rings. The van der Waals surface area contributed by atoms with Gasteiger partial charge in [0.25, 0.3) is 0 Å². The summed E-state index contributed by atoms with van der Waals surface area (Å²) in [6.07, 6.45) is 0.544. The van der Waals surface area contributed by atoms with Crippen LogP contribution in [0.15, 0.2) is 54.6 Å². The Balaban J connectivity index is 0.000000260. The molecule has 0 aliphatic carbocycles. The lowest BCUT2D eigenvalue weighted by atomic mass is 10.1. The zero-order valence-electron chi connectivity index (χ0n) is 13.9. The lowest BCUT2D eigenvalue weighted by molar-refractivity contribution is -0.142. The number of phenolic OH excluding ortho intramolecular Hbond substituents is 1. The molecule has 7 N–H and O–H groups in total. The average molecular weight is 362 g/mol. The van der Waals surface area contributed by atoms with Gasteiger partial charge in [0.15, 0.2) is 0 Å². The molecule has 8 heteroatoms. The standard InChI is InChI=1S/2C9H11NO3/c10-8(9(12)13)5-6-1-3-7(11)4-2-6;11-9(12)8(10-13)6-7-4-2-1-3-5-7/h1-4,8,11H,5,10H2,(H,12,13);1-5,8,10,13H,6H2,(H,11,12)/t2*8-/m00/s1. The molecule has 2 aromatic rings. The summed E-state index contributed by atoms with van der Waals surface area (Å²) >= 11 is 0. The molecule has 0 bridgehead atoms. The molecular weight excluding hydrogens is 340 g/mol. The van der Waals surface area contributed by atoms with Crippen molar-refractivity contribution in [2.24, 2.45) is 5.73 Å². The van der Waals surface area contributed by atoms with E-state index < -0.39 is 24.0 Å². The van der Waals surface area contributed by atoms with E-state index in [2.05, 4.69) is 0 Å². The zero-order chi connectivity index (χ0) is 19.5.